The molecular formula is C21H27N3O2. The van der Waals surface area contributed by atoms with Crippen LogP contribution in [0.3, 0.4) is 0 Å². The second kappa shape index (κ2) is 7.94. The maximum absolute atomic E-state index is 12.6. The molecule has 0 unspecified atom stereocenters. The number of hydrogen-bond donors (Lipinski definition) is 1. The molecule has 1 fully saturated rings. The van der Waals surface area contributed by atoms with Crippen molar-refractivity contribution in [3.8, 4) is 0 Å². The van der Waals surface area contributed by atoms with Crippen molar-refractivity contribution in [1.82, 2.24) is 10.3 Å². The van der Waals surface area contributed by atoms with Crippen molar-refractivity contribution in [2.45, 2.75) is 44.9 Å². The molecule has 1 aliphatic carbocycles. The monoisotopic (exact) mass is 353 g/mol. The number of rotatable bonds is 5. The van der Waals surface area contributed by atoms with Crippen LogP contribution in [-0.2, 0) is 4.79 Å². The summed E-state index contributed by atoms with van der Waals surface area (Å²) in [7, 11) is 0. The number of carbonyl (C=O) groups excluding carboxylic acids is 1. The summed E-state index contributed by atoms with van der Waals surface area (Å²) in [6.45, 7) is 2.33. The molecule has 1 aliphatic heterocycles. The number of para-hydroxylation sites is 2. The number of allylic oxidation sites excluding steroid dienone is 1. The van der Waals surface area contributed by atoms with Crippen LogP contribution < -0.4 is 10.2 Å². The second-order valence-corrected chi connectivity index (χ2v) is 7.40. The number of amides is 1. The van der Waals surface area contributed by atoms with Gasteiger partial charge in [-0.05, 0) is 57.1 Å². The van der Waals surface area contributed by atoms with E-state index >= 15 is 0 Å². The first-order valence-electron chi connectivity index (χ1n) is 9.86. The van der Waals surface area contributed by atoms with E-state index in [1.54, 1.807) is 0 Å². The summed E-state index contributed by atoms with van der Waals surface area (Å²) in [6.07, 6.45) is 10.3. The third-order valence-corrected chi connectivity index (χ3v) is 5.48. The minimum Gasteiger partial charge on any atom is -0.423 e. The Labute approximate surface area is 154 Å². The number of nitrogens with one attached hydrogen (secondary N) is 1. The lowest BCUT2D eigenvalue weighted by Gasteiger charge is -2.30. The Bertz CT molecular complexity index is 762. The van der Waals surface area contributed by atoms with Crippen LogP contribution in [0.2, 0.25) is 0 Å². The van der Waals surface area contributed by atoms with E-state index in [1.807, 2.05) is 24.3 Å². The Morgan fingerprint density at radius 1 is 1.27 bits per heavy atom. The molecule has 0 bridgehead atoms. The number of nitrogens with zero attached hydrogens (tertiary/aromatic N) is 2. The van der Waals surface area contributed by atoms with Crippen molar-refractivity contribution in [2.24, 2.45) is 5.92 Å². The molecule has 2 aromatic rings. The Morgan fingerprint density at radius 2 is 2.19 bits per heavy atom. The first-order valence-corrected chi connectivity index (χ1v) is 9.86. The van der Waals surface area contributed by atoms with Crippen LogP contribution in [0, 0.1) is 5.92 Å². The highest BCUT2D eigenvalue weighted by atomic mass is 16.4. The number of fused-ring (bicyclic) bond motifs is 1. The fourth-order valence-electron chi connectivity index (χ4n) is 3.98. The van der Waals surface area contributed by atoms with E-state index in [4.69, 9.17) is 4.42 Å². The molecule has 1 N–H and O–H groups in total. The van der Waals surface area contributed by atoms with E-state index in [-0.39, 0.29) is 11.8 Å². The summed E-state index contributed by atoms with van der Waals surface area (Å²) in [6, 6.07) is 8.43. The van der Waals surface area contributed by atoms with Crippen molar-refractivity contribution < 1.29 is 9.21 Å². The Balaban J connectivity index is 1.32. The highest BCUT2D eigenvalue weighted by Crippen LogP contribution is 2.26. The van der Waals surface area contributed by atoms with Gasteiger partial charge in [0.15, 0.2) is 5.58 Å². The standard InChI is InChI=1S/C21H27N3O2/c25-20(22-13-12-16-7-2-1-3-8-16)17-9-6-14-24(15-17)21-23-18-10-4-5-11-19(18)26-21/h4-5,7,10-11,17H,1-3,6,8-9,12-15H2,(H,22,25)/t17-/m1/s1. The molecule has 1 atom stereocenters. The lowest BCUT2D eigenvalue weighted by molar-refractivity contribution is -0.125. The summed E-state index contributed by atoms with van der Waals surface area (Å²) < 4.78 is 5.87. The maximum Gasteiger partial charge on any atom is 0.298 e. The van der Waals surface area contributed by atoms with E-state index < -0.39 is 0 Å². The zero-order chi connectivity index (χ0) is 17.8. The van der Waals surface area contributed by atoms with Crippen LogP contribution in [0.1, 0.15) is 44.9 Å². The van der Waals surface area contributed by atoms with Gasteiger partial charge in [-0.15, -0.1) is 0 Å². The van der Waals surface area contributed by atoms with Gasteiger partial charge in [0, 0.05) is 19.6 Å². The molecule has 1 aromatic carbocycles. The highest BCUT2D eigenvalue weighted by Gasteiger charge is 2.28. The average molecular weight is 353 g/mol. The molecular weight excluding hydrogens is 326 g/mol. The first-order chi connectivity index (χ1) is 12.8. The van der Waals surface area contributed by atoms with Gasteiger partial charge in [-0.3, -0.25) is 4.79 Å². The fourth-order valence-corrected chi connectivity index (χ4v) is 3.98. The second-order valence-electron chi connectivity index (χ2n) is 7.40. The Morgan fingerprint density at radius 3 is 3.04 bits per heavy atom. The van der Waals surface area contributed by atoms with Crippen LogP contribution in [0.5, 0.6) is 0 Å². The number of aromatic nitrogens is 1. The van der Waals surface area contributed by atoms with Gasteiger partial charge >= 0.3 is 0 Å². The predicted octanol–water partition coefficient (Wildman–Crippen LogP) is 4.05. The number of anilines is 1. The minimum absolute atomic E-state index is 0.0131. The summed E-state index contributed by atoms with van der Waals surface area (Å²) >= 11 is 0. The smallest absolute Gasteiger partial charge is 0.298 e. The normalized spacial score (nSPS) is 20.8. The van der Waals surface area contributed by atoms with Gasteiger partial charge in [-0.2, -0.15) is 4.98 Å². The van der Waals surface area contributed by atoms with E-state index in [1.165, 1.54) is 31.3 Å². The molecule has 0 spiro atoms. The topological polar surface area (TPSA) is 58.4 Å². The molecule has 0 radical (unpaired) electrons. The summed E-state index contributed by atoms with van der Waals surface area (Å²) in [4.78, 5) is 19.3. The molecule has 138 valence electrons. The summed E-state index contributed by atoms with van der Waals surface area (Å²) in [5.74, 6) is 0.182. The van der Waals surface area contributed by atoms with Crippen molar-refractivity contribution in [3.05, 3.63) is 35.9 Å². The number of hydrogen-bond acceptors (Lipinski definition) is 4. The zero-order valence-corrected chi connectivity index (χ0v) is 15.2. The number of benzene rings is 1. The summed E-state index contributed by atoms with van der Waals surface area (Å²) in [5.41, 5.74) is 3.18. The maximum atomic E-state index is 12.6. The van der Waals surface area contributed by atoms with Gasteiger partial charge < -0.3 is 14.6 Å². The molecule has 2 heterocycles. The van der Waals surface area contributed by atoms with Gasteiger partial charge in [0.1, 0.15) is 5.52 Å². The summed E-state index contributed by atoms with van der Waals surface area (Å²) in [5, 5.41) is 3.14. The fraction of sp³-hybridized carbons (Fsp3) is 0.524. The highest BCUT2D eigenvalue weighted by molar-refractivity contribution is 5.79. The molecule has 1 saturated heterocycles. The SMILES string of the molecule is O=C(NCCC1=CCCCC1)[C@@H]1CCCN(c2nc3ccccc3o2)C1. The predicted molar refractivity (Wildman–Crippen MR) is 103 cm³/mol. The van der Waals surface area contributed by atoms with Crippen molar-refractivity contribution in [1.29, 1.82) is 0 Å². The Hall–Kier alpha value is -2.30. The van der Waals surface area contributed by atoms with Crippen LogP contribution in [0.25, 0.3) is 11.1 Å². The number of carbonyl (C=O) groups is 1. The molecule has 5 heteroatoms. The third kappa shape index (κ3) is 3.92. The van der Waals surface area contributed by atoms with Crippen LogP contribution in [0.15, 0.2) is 40.3 Å². The van der Waals surface area contributed by atoms with Gasteiger partial charge in [0.05, 0.1) is 5.92 Å². The first kappa shape index (κ1) is 17.1. The van der Waals surface area contributed by atoms with Gasteiger partial charge in [0.2, 0.25) is 5.91 Å². The van der Waals surface area contributed by atoms with Gasteiger partial charge in [-0.25, -0.2) is 0 Å². The van der Waals surface area contributed by atoms with Crippen LogP contribution in [0.4, 0.5) is 6.01 Å². The quantitative estimate of drug-likeness (QED) is 0.824. The number of oxazole rings is 1. The third-order valence-electron chi connectivity index (χ3n) is 5.48. The molecule has 1 amide bonds. The van der Waals surface area contributed by atoms with Crippen molar-refractivity contribution in [2.75, 3.05) is 24.5 Å². The zero-order valence-electron chi connectivity index (χ0n) is 15.2. The van der Waals surface area contributed by atoms with Crippen LogP contribution in [-0.4, -0.2) is 30.5 Å². The van der Waals surface area contributed by atoms with Gasteiger partial charge in [-0.1, -0.05) is 23.8 Å². The molecule has 5 nitrogen and oxygen atoms in total. The largest absolute Gasteiger partial charge is 0.423 e. The molecule has 26 heavy (non-hydrogen) atoms. The molecule has 0 saturated carbocycles. The minimum atomic E-state index is 0.0131. The van der Waals surface area contributed by atoms with E-state index in [2.05, 4.69) is 21.3 Å². The van der Waals surface area contributed by atoms with Crippen LogP contribution >= 0.6 is 0 Å². The van der Waals surface area contributed by atoms with Crippen molar-refractivity contribution in [3.63, 3.8) is 0 Å². The molecule has 2 aliphatic rings. The van der Waals surface area contributed by atoms with E-state index in [0.29, 0.717) is 12.6 Å². The molecule has 4 rings (SSSR count). The van der Waals surface area contributed by atoms with E-state index in [0.717, 1.165) is 43.5 Å². The Kier molecular flexibility index (Phi) is 5.23. The lowest BCUT2D eigenvalue weighted by atomic mass is 9.96. The average Bonchev–Trinajstić information content (AvgIpc) is 3.13. The van der Waals surface area contributed by atoms with E-state index in [9.17, 15) is 4.79 Å². The van der Waals surface area contributed by atoms with Gasteiger partial charge in [0.25, 0.3) is 6.01 Å². The lowest BCUT2D eigenvalue weighted by Crippen LogP contribution is -2.43. The molecule has 1 aromatic heterocycles. The van der Waals surface area contributed by atoms with Crippen molar-refractivity contribution >= 4 is 23.0 Å². The number of piperidine rings is 1.